The Kier molecular flexibility index (Phi) is 6.86. The summed E-state index contributed by atoms with van der Waals surface area (Å²) in [6, 6.07) is 19.0. The molecule has 1 aliphatic heterocycles. The maximum absolute atomic E-state index is 13.2. The summed E-state index contributed by atoms with van der Waals surface area (Å²) in [5, 5.41) is 4.23. The minimum absolute atomic E-state index is 0.0289. The zero-order chi connectivity index (χ0) is 27.6. The molecular weight excluding hydrogens is 504 g/mol. The predicted molar refractivity (Wildman–Crippen MR) is 154 cm³/mol. The van der Waals surface area contributed by atoms with Crippen molar-refractivity contribution >= 4 is 33.8 Å². The lowest BCUT2D eigenvalue weighted by Crippen LogP contribution is -2.41. The average Bonchev–Trinajstić information content (AvgIpc) is 3.39. The van der Waals surface area contributed by atoms with E-state index in [0.717, 1.165) is 27.9 Å². The molecule has 0 radical (unpaired) electrons. The van der Waals surface area contributed by atoms with Gasteiger partial charge in [-0.15, -0.1) is 0 Å². The average molecular weight is 535 g/mol. The number of rotatable bonds is 6. The number of piperidine rings is 1. The second kappa shape index (κ2) is 10.8. The summed E-state index contributed by atoms with van der Waals surface area (Å²) in [5.74, 6) is -0.494. The van der Waals surface area contributed by atoms with Crippen LogP contribution in [0.1, 0.15) is 56.6 Å². The van der Waals surface area contributed by atoms with Gasteiger partial charge in [-0.25, -0.2) is 4.98 Å². The number of aryl methyl sites for hydroxylation is 1. The van der Waals surface area contributed by atoms with E-state index < -0.39 is 5.56 Å². The Labute approximate surface area is 230 Å². The Morgan fingerprint density at radius 1 is 0.975 bits per heavy atom. The molecular formula is C31H30N6O3. The van der Waals surface area contributed by atoms with Crippen LogP contribution in [0.4, 0.5) is 0 Å². The number of nitrogens with zero attached hydrogens (tertiary/aromatic N) is 3. The largest absolute Gasteiger partial charge is 0.361 e. The molecule has 6 rings (SSSR count). The normalized spacial score (nSPS) is 14.1. The molecule has 5 aromatic rings. The SMILES string of the molecule is Cc1ccc(C(=O)NCCc2c[nH]c3ccccc23)c(C2CCN(C(=O)c3nc4ccccc4[nH]c3=O)CC2)n1. The lowest BCUT2D eigenvalue weighted by molar-refractivity contribution is 0.0703. The summed E-state index contributed by atoms with van der Waals surface area (Å²) < 4.78 is 0. The first-order chi connectivity index (χ1) is 19.5. The molecule has 40 heavy (non-hydrogen) atoms. The Morgan fingerprint density at radius 2 is 1.73 bits per heavy atom. The first kappa shape index (κ1) is 25.5. The third kappa shape index (κ3) is 4.98. The molecule has 9 heteroatoms. The number of aromatic amines is 2. The number of carbonyl (C=O) groups excluding carboxylic acids is 2. The molecule has 1 fully saturated rings. The Bertz CT molecular complexity index is 1780. The van der Waals surface area contributed by atoms with Crippen molar-refractivity contribution in [1.82, 2.24) is 30.2 Å². The van der Waals surface area contributed by atoms with Crippen LogP contribution in [-0.2, 0) is 6.42 Å². The number of H-pyrrole nitrogens is 2. The number of fused-ring (bicyclic) bond motifs is 2. The molecule has 3 N–H and O–H groups in total. The summed E-state index contributed by atoms with van der Waals surface area (Å²) >= 11 is 0. The van der Waals surface area contributed by atoms with Gasteiger partial charge in [-0.3, -0.25) is 19.4 Å². The minimum atomic E-state index is -0.488. The van der Waals surface area contributed by atoms with Crippen LogP contribution in [-0.4, -0.2) is 56.3 Å². The van der Waals surface area contributed by atoms with Crippen LogP contribution in [0.15, 0.2) is 71.7 Å². The number of hydrogen-bond donors (Lipinski definition) is 3. The Morgan fingerprint density at radius 3 is 2.55 bits per heavy atom. The van der Waals surface area contributed by atoms with Gasteiger partial charge < -0.3 is 20.2 Å². The van der Waals surface area contributed by atoms with Gasteiger partial charge in [0.2, 0.25) is 0 Å². The summed E-state index contributed by atoms with van der Waals surface area (Å²) in [4.78, 5) is 55.8. The van der Waals surface area contributed by atoms with Crippen LogP contribution >= 0.6 is 0 Å². The van der Waals surface area contributed by atoms with E-state index in [1.807, 2.05) is 55.6 Å². The smallest absolute Gasteiger partial charge is 0.280 e. The van der Waals surface area contributed by atoms with Crippen LogP contribution in [0, 0.1) is 6.92 Å². The molecule has 0 unspecified atom stereocenters. The van der Waals surface area contributed by atoms with E-state index >= 15 is 0 Å². The second-order valence-electron chi connectivity index (χ2n) is 10.2. The number of hydrogen-bond acceptors (Lipinski definition) is 5. The van der Waals surface area contributed by atoms with Gasteiger partial charge in [-0.1, -0.05) is 30.3 Å². The van der Waals surface area contributed by atoms with E-state index in [1.165, 1.54) is 0 Å². The highest BCUT2D eigenvalue weighted by Crippen LogP contribution is 2.30. The van der Waals surface area contributed by atoms with Crippen LogP contribution in [0.25, 0.3) is 21.9 Å². The van der Waals surface area contributed by atoms with Crippen molar-refractivity contribution in [3.63, 3.8) is 0 Å². The molecule has 3 aromatic heterocycles. The molecule has 1 aliphatic rings. The van der Waals surface area contributed by atoms with Crippen LogP contribution in [0.2, 0.25) is 0 Å². The van der Waals surface area contributed by atoms with Crippen LogP contribution in [0.3, 0.4) is 0 Å². The monoisotopic (exact) mass is 534 g/mol. The van der Waals surface area contributed by atoms with Crippen molar-refractivity contribution in [3.05, 3.63) is 105 Å². The van der Waals surface area contributed by atoms with Gasteiger partial charge >= 0.3 is 0 Å². The van der Waals surface area contributed by atoms with Crippen molar-refractivity contribution in [3.8, 4) is 0 Å². The molecule has 0 bridgehead atoms. The van der Waals surface area contributed by atoms with E-state index in [9.17, 15) is 14.4 Å². The highest BCUT2D eigenvalue weighted by molar-refractivity contribution is 5.96. The van der Waals surface area contributed by atoms with Gasteiger partial charge in [0.25, 0.3) is 17.4 Å². The van der Waals surface area contributed by atoms with Gasteiger partial charge in [-0.2, -0.15) is 0 Å². The highest BCUT2D eigenvalue weighted by Gasteiger charge is 2.30. The molecule has 0 aliphatic carbocycles. The Hall–Kier alpha value is -4.79. The lowest BCUT2D eigenvalue weighted by Gasteiger charge is -2.32. The number of para-hydroxylation sites is 3. The van der Waals surface area contributed by atoms with Gasteiger partial charge in [0.15, 0.2) is 5.69 Å². The third-order valence-electron chi connectivity index (χ3n) is 7.63. The fourth-order valence-electron chi connectivity index (χ4n) is 5.50. The number of aromatic nitrogens is 4. The number of amides is 2. The van der Waals surface area contributed by atoms with E-state index in [-0.39, 0.29) is 23.4 Å². The van der Waals surface area contributed by atoms with Gasteiger partial charge in [-0.05, 0) is 62.1 Å². The van der Waals surface area contributed by atoms with E-state index in [1.54, 1.807) is 17.0 Å². The number of carbonyl (C=O) groups is 2. The quantitative estimate of drug-likeness (QED) is 0.303. The number of likely N-dealkylation sites (tertiary alicyclic amines) is 1. The van der Waals surface area contributed by atoms with Crippen molar-refractivity contribution < 1.29 is 9.59 Å². The summed E-state index contributed by atoms with van der Waals surface area (Å²) in [6.07, 6.45) is 3.99. The summed E-state index contributed by atoms with van der Waals surface area (Å²) in [7, 11) is 0. The molecule has 1 saturated heterocycles. The Balaban J connectivity index is 1.12. The van der Waals surface area contributed by atoms with Crippen molar-refractivity contribution in [2.45, 2.75) is 32.1 Å². The summed E-state index contributed by atoms with van der Waals surface area (Å²) in [5.41, 5.74) is 5.01. The molecule has 0 spiro atoms. The molecule has 0 atom stereocenters. The predicted octanol–water partition coefficient (Wildman–Crippen LogP) is 4.10. The molecule has 202 valence electrons. The van der Waals surface area contributed by atoms with E-state index in [4.69, 9.17) is 4.98 Å². The molecule has 9 nitrogen and oxygen atoms in total. The zero-order valence-electron chi connectivity index (χ0n) is 22.2. The molecule has 2 aromatic carbocycles. The molecule has 0 saturated carbocycles. The maximum atomic E-state index is 13.2. The standard InChI is InChI=1S/C31H30N6O3/c1-19-10-11-23(29(38)32-15-12-21-18-33-24-7-3-2-6-22(21)24)27(34-19)20-13-16-37(17-14-20)31(40)28-30(39)36-26-9-5-4-8-25(26)35-28/h2-11,18,20,33H,12-17H2,1H3,(H,32,38)(H,36,39). The third-order valence-corrected chi connectivity index (χ3v) is 7.63. The zero-order valence-corrected chi connectivity index (χ0v) is 22.2. The number of benzene rings is 2. The topological polar surface area (TPSA) is 124 Å². The first-order valence-electron chi connectivity index (χ1n) is 13.6. The molecule has 4 heterocycles. The summed E-state index contributed by atoms with van der Waals surface area (Å²) in [6.45, 7) is 3.33. The maximum Gasteiger partial charge on any atom is 0.280 e. The second-order valence-corrected chi connectivity index (χ2v) is 10.2. The van der Waals surface area contributed by atoms with Gasteiger partial charge in [0, 0.05) is 48.3 Å². The van der Waals surface area contributed by atoms with Gasteiger partial charge in [0.05, 0.1) is 22.3 Å². The fraction of sp³-hybridized carbons (Fsp3) is 0.258. The lowest BCUT2D eigenvalue weighted by atomic mass is 9.89. The first-order valence-corrected chi connectivity index (χ1v) is 13.6. The van der Waals surface area contributed by atoms with Crippen LogP contribution < -0.4 is 10.9 Å². The van der Waals surface area contributed by atoms with Gasteiger partial charge in [0.1, 0.15) is 0 Å². The van der Waals surface area contributed by atoms with E-state index in [2.05, 4.69) is 26.3 Å². The highest BCUT2D eigenvalue weighted by atomic mass is 16.2. The molecule has 2 amide bonds. The van der Waals surface area contributed by atoms with Crippen molar-refractivity contribution in [2.75, 3.05) is 19.6 Å². The minimum Gasteiger partial charge on any atom is -0.361 e. The van der Waals surface area contributed by atoms with Crippen molar-refractivity contribution in [1.29, 1.82) is 0 Å². The number of nitrogens with one attached hydrogen (secondary N) is 3. The van der Waals surface area contributed by atoms with E-state index in [0.29, 0.717) is 55.5 Å². The fourth-order valence-corrected chi connectivity index (χ4v) is 5.50. The van der Waals surface area contributed by atoms with Crippen molar-refractivity contribution in [2.24, 2.45) is 0 Å². The van der Waals surface area contributed by atoms with Crippen LogP contribution in [0.5, 0.6) is 0 Å². The number of pyridine rings is 1.